The maximum atomic E-state index is 12.1. The Morgan fingerprint density at radius 1 is 1.36 bits per heavy atom. The van der Waals surface area contributed by atoms with Gasteiger partial charge in [0, 0.05) is 11.5 Å². The number of furan rings is 1. The first-order valence-corrected chi connectivity index (χ1v) is 6.89. The van der Waals surface area contributed by atoms with Crippen molar-refractivity contribution in [2.45, 2.75) is 19.9 Å². The van der Waals surface area contributed by atoms with Crippen LogP contribution in [-0.2, 0) is 0 Å². The molecular weight excluding hydrogens is 284 g/mol. The van der Waals surface area contributed by atoms with Crippen LogP contribution < -0.4 is 10.1 Å². The van der Waals surface area contributed by atoms with E-state index in [2.05, 4.69) is 10.5 Å². The van der Waals surface area contributed by atoms with Crippen LogP contribution in [0.2, 0.25) is 0 Å². The fraction of sp³-hybridized carbons (Fsp3) is 0.250. The topological polar surface area (TPSA) is 77.5 Å². The second-order valence-corrected chi connectivity index (χ2v) is 5.06. The number of nitrogens with one attached hydrogen (secondary N) is 1. The number of amides is 1. The third-order valence-electron chi connectivity index (χ3n) is 3.37. The summed E-state index contributed by atoms with van der Waals surface area (Å²) in [5.74, 6) is 1.15. The smallest absolute Gasteiger partial charge is 0.290 e. The standard InChI is InChI=1S/C16H16N2O4/c1-9-7-14(22-18-9)16(19)17-10(2)13-8-11-5-4-6-12(20-3)15(11)21-13/h4-8,10H,1-3H3,(H,17,19)/t10-/m0/s1. The minimum atomic E-state index is -0.333. The van der Waals surface area contributed by atoms with Gasteiger partial charge in [0.1, 0.15) is 5.76 Å². The third kappa shape index (κ3) is 2.55. The van der Waals surface area contributed by atoms with E-state index in [9.17, 15) is 4.79 Å². The molecule has 1 aromatic carbocycles. The molecule has 1 atom stereocenters. The number of hydrogen-bond donors (Lipinski definition) is 1. The van der Waals surface area contributed by atoms with Gasteiger partial charge in [0.2, 0.25) is 5.76 Å². The Morgan fingerprint density at radius 2 is 2.18 bits per heavy atom. The van der Waals surface area contributed by atoms with Gasteiger partial charge in [-0.1, -0.05) is 17.3 Å². The molecule has 0 aliphatic heterocycles. The first-order valence-electron chi connectivity index (χ1n) is 6.89. The highest BCUT2D eigenvalue weighted by Crippen LogP contribution is 2.30. The number of ether oxygens (including phenoxy) is 1. The van der Waals surface area contributed by atoms with Crippen LogP contribution in [0, 0.1) is 6.92 Å². The Bertz CT molecular complexity index is 819. The first kappa shape index (κ1) is 14.2. The average molecular weight is 300 g/mol. The number of aryl methyl sites for hydroxylation is 1. The quantitative estimate of drug-likeness (QED) is 0.800. The van der Waals surface area contributed by atoms with E-state index < -0.39 is 0 Å². The van der Waals surface area contributed by atoms with Crippen molar-refractivity contribution in [3.8, 4) is 5.75 Å². The van der Waals surface area contributed by atoms with E-state index in [4.69, 9.17) is 13.7 Å². The van der Waals surface area contributed by atoms with Gasteiger partial charge in [-0.2, -0.15) is 0 Å². The molecule has 22 heavy (non-hydrogen) atoms. The van der Waals surface area contributed by atoms with Crippen molar-refractivity contribution in [3.05, 3.63) is 47.5 Å². The zero-order chi connectivity index (χ0) is 15.7. The molecule has 0 saturated carbocycles. The van der Waals surface area contributed by atoms with E-state index in [1.807, 2.05) is 31.2 Å². The number of nitrogens with zero attached hydrogens (tertiary/aromatic N) is 1. The molecule has 3 aromatic rings. The predicted molar refractivity (Wildman–Crippen MR) is 79.9 cm³/mol. The van der Waals surface area contributed by atoms with Crippen LogP contribution in [0.4, 0.5) is 0 Å². The number of hydrogen-bond acceptors (Lipinski definition) is 5. The average Bonchev–Trinajstić information content (AvgIpc) is 3.12. The third-order valence-corrected chi connectivity index (χ3v) is 3.37. The van der Waals surface area contributed by atoms with Gasteiger partial charge in [-0.15, -0.1) is 0 Å². The summed E-state index contributed by atoms with van der Waals surface area (Å²) >= 11 is 0. The van der Waals surface area contributed by atoms with Crippen LogP contribution in [0.3, 0.4) is 0 Å². The molecule has 0 spiro atoms. The highest BCUT2D eigenvalue weighted by molar-refractivity contribution is 5.91. The fourth-order valence-corrected chi connectivity index (χ4v) is 2.24. The lowest BCUT2D eigenvalue weighted by Gasteiger charge is -2.09. The maximum Gasteiger partial charge on any atom is 0.290 e. The second kappa shape index (κ2) is 5.55. The lowest BCUT2D eigenvalue weighted by molar-refractivity contribution is 0.0898. The highest BCUT2D eigenvalue weighted by atomic mass is 16.5. The molecule has 2 aromatic heterocycles. The van der Waals surface area contributed by atoms with Crippen molar-refractivity contribution in [1.82, 2.24) is 10.5 Å². The van der Waals surface area contributed by atoms with Crippen LogP contribution in [0.5, 0.6) is 5.75 Å². The van der Waals surface area contributed by atoms with E-state index in [0.29, 0.717) is 22.8 Å². The van der Waals surface area contributed by atoms with Gasteiger partial charge >= 0.3 is 0 Å². The molecule has 0 radical (unpaired) electrons. The van der Waals surface area contributed by atoms with Crippen LogP contribution in [0.1, 0.15) is 35.0 Å². The summed E-state index contributed by atoms with van der Waals surface area (Å²) in [5, 5.41) is 7.44. The van der Waals surface area contributed by atoms with Gasteiger partial charge in [-0.3, -0.25) is 4.79 Å². The Labute approximate surface area is 127 Å². The summed E-state index contributed by atoms with van der Waals surface area (Å²) in [6, 6.07) is 8.81. The number of rotatable bonds is 4. The Hall–Kier alpha value is -2.76. The van der Waals surface area contributed by atoms with Crippen LogP contribution in [-0.4, -0.2) is 18.2 Å². The molecule has 0 unspecified atom stereocenters. The predicted octanol–water partition coefficient (Wildman–Crippen LogP) is 3.23. The molecule has 3 rings (SSSR count). The lowest BCUT2D eigenvalue weighted by atomic mass is 10.2. The van der Waals surface area contributed by atoms with Crippen molar-refractivity contribution in [1.29, 1.82) is 0 Å². The normalized spacial score (nSPS) is 12.3. The summed E-state index contributed by atoms with van der Waals surface area (Å²) in [6.45, 7) is 3.60. The summed E-state index contributed by atoms with van der Waals surface area (Å²) in [4.78, 5) is 12.1. The highest BCUT2D eigenvalue weighted by Gasteiger charge is 2.19. The minimum Gasteiger partial charge on any atom is -0.493 e. The van der Waals surface area contributed by atoms with Crippen molar-refractivity contribution >= 4 is 16.9 Å². The number of para-hydroxylation sites is 1. The van der Waals surface area contributed by atoms with Crippen LogP contribution in [0.25, 0.3) is 11.0 Å². The summed E-state index contributed by atoms with van der Waals surface area (Å²) in [7, 11) is 1.59. The first-order chi connectivity index (χ1) is 10.6. The summed E-state index contributed by atoms with van der Waals surface area (Å²) in [5.41, 5.74) is 1.32. The molecule has 6 heteroatoms. The van der Waals surface area contributed by atoms with Gasteiger partial charge in [0.05, 0.1) is 18.8 Å². The summed E-state index contributed by atoms with van der Waals surface area (Å²) < 4.78 is 16.0. The molecule has 1 amide bonds. The summed E-state index contributed by atoms with van der Waals surface area (Å²) in [6.07, 6.45) is 0. The van der Waals surface area contributed by atoms with E-state index >= 15 is 0 Å². The monoisotopic (exact) mass is 300 g/mol. The number of carbonyl (C=O) groups excluding carboxylic acids is 1. The van der Waals surface area contributed by atoms with E-state index in [1.54, 1.807) is 20.1 Å². The van der Waals surface area contributed by atoms with Crippen molar-refractivity contribution in [2.24, 2.45) is 0 Å². The molecule has 0 aliphatic carbocycles. The molecule has 114 valence electrons. The van der Waals surface area contributed by atoms with Gasteiger partial charge in [0.25, 0.3) is 5.91 Å². The van der Waals surface area contributed by atoms with Gasteiger partial charge in [0.15, 0.2) is 11.3 Å². The minimum absolute atomic E-state index is 0.179. The fourth-order valence-electron chi connectivity index (χ4n) is 2.24. The van der Waals surface area contributed by atoms with E-state index in [1.165, 1.54) is 0 Å². The lowest BCUT2D eigenvalue weighted by Crippen LogP contribution is -2.25. The molecule has 6 nitrogen and oxygen atoms in total. The van der Waals surface area contributed by atoms with Crippen LogP contribution in [0.15, 0.2) is 39.3 Å². The van der Waals surface area contributed by atoms with E-state index in [0.717, 1.165) is 5.39 Å². The number of aromatic nitrogens is 1. The van der Waals surface area contributed by atoms with Crippen molar-refractivity contribution in [3.63, 3.8) is 0 Å². The number of fused-ring (bicyclic) bond motifs is 1. The van der Waals surface area contributed by atoms with Gasteiger partial charge in [-0.05, 0) is 26.0 Å². The molecule has 0 bridgehead atoms. The molecule has 0 fully saturated rings. The largest absolute Gasteiger partial charge is 0.493 e. The molecular formula is C16H16N2O4. The van der Waals surface area contributed by atoms with E-state index in [-0.39, 0.29) is 17.7 Å². The maximum absolute atomic E-state index is 12.1. The molecule has 1 N–H and O–H groups in total. The number of benzene rings is 1. The second-order valence-electron chi connectivity index (χ2n) is 5.06. The Balaban J connectivity index is 1.83. The molecule has 2 heterocycles. The van der Waals surface area contributed by atoms with Crippen molar-refractivity contribution in [2.75, 3.05) is 7.11 Å². The molecule has 0 saturated heterocycles. The number of carbonyl (C=O) groups is 1. The molecule has 0 aliphatic rings. The SMILES string of the molecule is COc1cccc2cc([C@H](C)NC(=O)c3cc(C)no3)oc12. The number of methoxy groups -OCH3 is 1. The van der Waals surface area contributed by atoms with Crippen molar-refractivity contribution < 1.29 is 18.5 Å². The van der Waals surface area contributed by atoms with Crippen LogP contribution >= 0.6 is 0 Å². The Kier molecular flexibility index (Phi) is 3.58. The van der Waals surface area contributed by atoms with Gasteiger partial charge in [-0.25, -0.2) is 0 Å². The zero-order valence-corrected chi connectivity index (χ0v) is 12.5. The van der Waals surface area contributed by atoms with Gasteiger partial charge < -0.3 is 19.0 Å². The Morgan fingerprint density at radius 3 is 2.86 bits per heavy atom. The zero-order valence-electron chi connectivity index (χ0n) is 12.5.